The van der Waals surface area contributed by atoms with Crippen molar-refractivity contribution in [2.24, 2.45) is 0 Å². The van der Waals surface area contributed by atoms with E-state index in [-0.39, 0.29) is 5.82 Å². The average molecular weight is 264 g/mol. The van der Waals surface area contributed by atoms with Gasteiger partial charge in [0.25, 0.3) is 0 Å². The Kier molecular flexibility index (Phi) is 5.34. The Balaban J connectivity index is 1.82. The lowest BCUT2D eigenvalue weighted by Gasteiger charge is -2.34. The van der Waals surface area contributed by atoms with Crippen molar-refractivity contribution < 1.29 is 4.39 Å². The summed E-state index contributed by atoms with van der Waals surface area (Å²) in [6.45, 7) is 7.92. The average Bonchev–Trinajstić information content (AvgIpc) is 2.38. The van der Waals surface area contributed by atoms with Crippen LogP contribution in [0.2, 0.25) is 0 Å². The summed E-state index contributed by atoms with van der Waals surface area (Å²) in [6, 6.07) is 7.90. The number of nitrogens with zero attached hydrogens (tertiary/aromatic N) is 1. The monoisotopic (exact) mass is 264 g/mol. The van der Waals surface area contributed by atoms with Gasteiger partial charge in [0.15, 0.2) is 0 Å². The van der Waals surface area contributed by atoms with Gasteiger partial charge in [-0.1, -0.05) is 19.1 Å². The first-order valence-electron chi connectivity index (χ1n) is 7.40. The number of nitrogens with one attached hydrogen (secondary N) is 1. The molecule has 0 saturated carbocycles. The van der Waals surface area contributed by atoms with E-state index in [1.54, 1.807) is 12.1 Å². The number of piperidine rings is 1. The molecule has 3 heteroatoms. The van der Waals surface area contributed by atoms with E-state index in [9.17, 15) is 4.39 Å². The lowest BCUT2D eigenvalue weighted by atomic mass is 10.0. The van der Waals surface area contributed by atoms with E-state index in [4.69, 9.17) is 0 Å². The third kappa shape index (κ3) is 4.59. The quantitative estimate of drug-likeness (QED) is 0.880. The van der Waals surface area contributed by atoms with E-state index < -0.39 is 0 Å². The molecule has 2 rings (SSSR count). The van der Waals surface area contributed by atoms with E-state index in [1.165, 1.54) is 25.5 Å². The highest BCUT2D eigenvalue weighted by atomic mass is 19.1. The molecule has 0 radical (unpaired) electrons. The Morgan fingerprint density at radius 1 is 1.47 bits per heavy atom. The maximum atomic E-state index is 13.1. The number of likely N-dealkylation sites (N-methyl/N-ethyl adjacent to an activating group) is 1. The van der Waals surface area contributed by atoms with Crippen molar-refractivity contribution in [1.29, 1.82) is 0 Å². The minimum atomic E-state index is -0.139. The molecule has 0 aromatic heterocycles. The summed E-state index contributed by atoms with van der Waals surface area (Å²) in [6.07, 6.45) is 3.42. The largest absolute Gasteiger partial charge is 0.310 e. The molecule has 1 fully saturated rings. The van der Waals surface area contributed by atoms with Crippen molar-refractivity contribution in [3.05, 3.63) is 35.6 Å². The molecule has 106 valence electrons. The topological polar surface area (TPSA) is 15.3 Å². The Hall–Kier alpha value is -0.930. The fraction of sp³-hybridized carbons (Fsp3) is 0.625. The molecule has 1 N–H and O–H groups in total. The summed E-state index contributed by atoms with van der Waals surface area (Å²) in [5.41, 5.74) is 1.07. The Labute approximate surface area is 116 Å². The van der Waals surface area contributed by atoms with E-state index in [1.807, 2.05) is 6.07 Å². The highest BCUT2D eigenvalue weighted by Gasteiger charge is 2.19. The van der Waals surface area contributed by atoms with Crippen LogP contribution in [0.25, 0.3) is 0 Å². The molecule has 1 saturated heterocycles. The van der Waals surface area contributed by atoms with Crippen LogP contribution in [0.1, 0.15) is 32.3 Å². The predicted molar refractivity (Wildman–Crippen MR) is 77.8 cm³/mol. The molecule has 1 heterocycles. The third-order valence-electron chi connectivity index (χ3n) is 3.90. The van der Waals surface area contributed by atoms with Crippen LogP contribution in [0, 0.1) is 5.82 Å². The first kappa shape index (κ1) is 14.5. The predicted octanol–water partition coefficient (Wildman–Crippen LogP) is 2.83. The second-order valence-corrected chi connectivity index (χ2v) is 5.63. The Morgan fingerprint density at radius 3 is 3.05 bits per heavy atom. The second kappa shape index (κ2) is 7.01. The first-order valence-corrected chi connectivity index (χ1v) is 7.40. The maximum Gasteiger partial charge on any atom is 0.123 e. The van der Waals surface area contributed by atoms with Gasteiger partial charge in [0, 0.05) is 18.6 Å². The molecule has 0 aliphatic carbocycles. The Morgan fingerprint density at radius 2 is 2.32 bits per heavy atom. The van der Waals surface area contributed by atoms with Gasteiger partial charge in [-0.05, 0) is 57.0 Å². The number of benzene rings is 1. The molecule has 0 spiro atoms. The van der Waals surface area contributed by atoms with Gasteiger partial charge < -0.3 is 10.2 Å². The molecule has 19 heavy (non-hydrogen) atoms. The molecule has 2 atom stereocenters. The maximum absolute atomic E-state index is 13.1. The summed E-state index contributed by atoms with van der Waals surface area (Å²) in [4.78, 5) is 2.50. The van der Waals surface area contributed by atoms with Crippen LogP contribution in [0.15, 0.2) is 24.3 Å². The molecule has 2 unspecified atom stereocenters. The van der Waals surface area contributed by atoms with Crippen molar-refractivity contribution in [2.75, 3.05) is 19.6 Å². The summed E-state index contributed by atoms with van der Waals surface area (Å²) in [5.74, 6) is -0.139. The number of hydrogen-bond donors (Lipinski definition) is 1. The zero-order valence-electron chi connectivity index (χ0n) is 12.0. The van der Waals surface area contributed by atoms with Crippen LogP contribution < -0.4 is 5.32 Å². The van der Waals surface area contributed by atoms with E-state index in [0.717, 1.165) is 25.1 Å². The minimum Gasteiger partial charge on any atom is -0.310 e. The highest BCUT2D eigenvalue weighted by molar-refractivity contribution is 5.17. The Bertz CT molecular complexity index is 394. The molecule has 0 amide bonds. The van der Waals surface area contributed by atoms with E-state index >= 15 is 0 Å². The van der Waals surface area contributed by atoms with Crippen molar-refractivity contribution in [3.63, 3.8) is 0 Å². The fourth-order valence-electron chi connectivity index (χ4n) is 2.96. The molecule has 0 bridgehead atoms. The van der Waals surface area contributed by atoms with Gasteiger partial charge in [-0.2, -0.15) is 0 Å². The van der Waals surface area contributed by atoms with Crippen LogP contribution in [-0.2, 0) is 6.42 Å². The van der Waals surface area contributed by atoms with Crippen LogP contribution >= 0.6 is 0 Å². The molecule has 1 aliphatic heterocycles. The van der Waals surface area contributed by atoms with Gasteiger partial charge in [0.05, 0.1) is 0 Å². The normalized spacial score (nSPS) is 22.4. The number of likely N-dealkylation sites (tertiary alicyclic amines) is 1. The fourth-order valence-corrected chi connectivity index (χ4v) is 2.96. The van der Waals surface area contributed by atoms with E-state index in [2.05, 4.69) is 24.1 Å². The molecule has 1 aromatic rings. The SMILES string of the molecule is CCN1CCCC(NC(C)Cc2cccc(F)c2)C1. The van der Waals surface area contributed by atoms with E-state index in [0.29, 0.717) is 12.1 Å². The molecule has 1 aliphatic rings. The van der Waals surface area contributed by atoms with Gasteiger partial charge in [0.2, 0.25) is 0 Å². The molecule has 2 nitrogen and oxygen atoms in total. The van der Waals surface area contributed by atoms with Crippen molar-refractivity contribution in [3.8, 4) is 0 Å². The van der Waals surface area contributed by atoms with Gasteiger partial charge >= 0.3 is 0 Å². The zero-order valence-corrected chi connectivity index (χ0v) is 12.0. The van der Waals surface area contributed by atoms with Gasteiger partial charge in [0.1, 0.15) is 5.82 Å². The lowest BCUT2D eigenvalue weighted by molar-refractivity contribution is 0.192. The van der Waals surface area contributed by atoms with Gasteiger partial charge in [-0.25, -0.2) is 4.39 Å². The third-order valence-corrected chi connectivity index (χ3v) is 3.90. The van der Waals surface area contributed by atoms with Crippen molar-refractivity contribution in [2.45, 2.75) is 45.2 Å². The van der Waals surface area contributed by atoms with Crippen LogP contribution in [-0.4, -0.2) is 36.6 Å². The zero-order chi connectivity index (χ0) is 13.7. The minimum absolute atomic E-state index is 0.139. The second-order valence-electron chi connectivity index (χ2n) is 5.63. The van der Waals surface area contributed by atoms with Crippen LogP contribution in [0.4, 0.5) is 4.39 Å². The smallest absolute Gasteiger partial charge is 0.123 e. The van der Waals surface area contributed by atoms with Crippen LogP contribution in [0.3, 0.4) is 0 Å². The van der Waals surface area contributed by atoms with Gasteiger partial charge in [-0.15, -0.1) is 0 Å². The van der Waals surface area contributed by atoms with Gasteiger partial charge in [-0.3, -0.25) is 0 Å². The summed E-state index contributed by atoms with van der Waals surface area (Å²) < 4.78 is 13.1. The number of halogens is 1. The summed E-state index contributed by atoms with van der Waals surface area (Å²) in [7, 11) is 0. The van der Waals surface area contributed by atoms with Crippen molar-refractivity contribution in [1.82, 2.24) is 10.2 Å². The highest BCUT2D eigenvalue weighted by Crippen LogP contribution is 2.12. The number of hydrogen-bond acceptors (Lipinski definition) is 2. The molecular formula is C16H25FN2. The summed E-state index contributed by atoms with van der Waals surface area (Å²) in [5, 5.41) is 3.69. The first-order chi connectivity index (χ1) is 9.17. The lowest BCUT2D eigenvalue weighted by Crippen LogP contribution is -2.48. The molecule has 1 aromatic carbocycles. The van der Waals surface area contributed by atoms with Crippen molar-refractivity contribution >= 4 is 0 Å². The van der Waals surface area contributed by atoms with Crippen LogP contribution in [0.5, 0.6) is 0 Å². The summed E-state index contributed by atoms with van der Waals surface area (Å²) >= 11 is 0. The standard InChI is InChI=1S/C16H25FN2/c1-3-19-9-5-8-16(12-19)18-13(2)10-14-6-4-7-15(17)11-14/h4,6-7,11,13,16,18H,3,5,8-10,12H2,1-2H3. The number of rotatable bonds is 5. The molecular weight excluding hydrogens is 239 g/mol.